The normalized spacial score (nSPS) is 10.5. The van der Waals surface area contributed by atoms with Crippen LogP contribution in [0.1, 0.15) is 10.5 Å². The third-order valence-corrected chi connectivity index (χ3v) is 4.67. The zero-order valence-electron chi connectivity index (χ0n) is 14.0. The Hall–Kier alpha value is -3.65. The Morgan fingerprint density at radius 3 is 2.85 bits per heavy atom. The molecule has 0 spiro atoms. The number of anilines is 2. The quantitative estimate of drug-likeness (QED) is 0.566. The SMILES string of the molecule is Nc1ncncc1-c1nc(-c2cccc(NC(=O)c3ccccn3)c2)cs1. The molecule has 3 aromatic heterocycles. The maximum atomic E-state index is 12.3. The first kappa shape index (κ1) is 16.8. The molecular formula is C19H14N6OS. The zero-order valence-corrected chi connectivity index (χ0v) is 14.9. The van der Waals surface area contributed by atoms with E-state index in [1.54, 1.807) is 30.6 Å². The second kappa shape index (κ2) is 7.30. The molecule has 4 aromatic rings. The molecular weight excluding hydrogens is 360 g/mol. The van der Waals surface area contributed by atoms with Crippen LogP contribution in [0.15, 0.2) is 66.6 Å². The van der Waals surface area contributed by atoms with Crippen LogP contribution in [-0.4, -0.2) is 25.8 Å². The van der Waals surface area contributed by atoms with Crippen LogP contribution in [0.2, 0.25) is 0 Å². The van der Waals surface area contributed by atoms with E-state index >= 15 is 0 Å². The van der Waals surface area contributed by atoms with Crippen LogP contribution in [0, 0.1) is 0 Å². The topological polar surface area (TPSA) is 107 Å². The Morgan fingerprint density at radius 2 is 2.04 bits per heavy atom. The number of carbonyl (C=O) groups is 1. The van der Waals surface area contributed by atoms with E-state index in [2.05, 4.69) is 25.3 Å². The van der Waals surface area contributed by atoms with Crippen molar-refractivity contribution >= 4 is 28.7 Å². The molecule has 132 valence electrons. The summed E-state index contributed by atoms with van der Waals surface area (Å²) in [6.07, 6.45) is 4.64. The van der Waals surface area contributed by atoms with Crippen molar-refractivity contribution in [3.8, 4) is 21.8 Å². The fourth-order valence-electron chi connectivity index (χ4n) is 2.48. The summed E-state index contributed by atoms with van der Waals surface area (Å²) in [4.78, 5) is 28.9. The molecule has 0 unspecified atom stereocenters. The molecule has 0 aliphatic rings. The summed E-state index contributed by atoms with van der Waals surface area (Å²) in [5, 5.41) is 5.52. The average molecular weight is 374 g/mol. The Labute approximate surface area is 159 Å². The van der Waals surface area contributed by atoms with Gasteiger partial charge in [-0.15, -0.1) is 11.3 Å². The molecule has 4 rings (SSSR count). The molecule has 7 nitrogen and oxygen atoms in total. The lowest BCUT2D eigenvalue weighted by molar-refractivity contribution is 0.102. The smallest absolute Gasteiger partial charge is 0.274 e. The van der Waals surface area contributed by atoms with Crippen LogP contribution in [0.5, 0.6) is 0 Å². The number of nitrogens with zero attached hydrogens (tertiary/aromatic N) is 4. The number of aromatic nitrogens is 4. The van der Waals surface area contributed by atoms with Gasteiger partial charge in [0.25, 0.3) is 5.91 Å². The number of benzene rings is 1. The summed E-state index contributed by atoms with van der Waals surface area (Å²) >= 11 is 1.46. The number of nitrogen functional groups attached to an aromatic ring is 1. The van der Waals surface area contributed by atoms with Crippen molar-refractivity contribution in [1.29, 1.82) is 0 Å². The summed E-state index contributed by atoms with van der Waals surface area (Å²) in [5.74, 6) is 0.128. The van der Waals surface area contributed by atoms with Crippen LogP contribution in [-0.2, 0) is 0 Å². The van der Waals surface area contributed by atoms with Gasteiger partial charge in [-0.25, -0.2) is 15.0 Å². The van der Waals surface area contributed by atoms with Crippen molar-refractivity contribution in [2.24, 2.45) is 0 Å². The maximum absolute atomic E-state index is 12.3. The number of hydrogen-bond acceptors (Lipinski definition) is 7. The van der Waals surface area contributed by atoms with Gasteiger partial charge in [-0.1, -0.05) is 18.2 Å². The van der Waals surface area contributed by atoms with E-state index < -0.39 is 0 Å². The average Bonchev–Trinajstić information content (AvgIpc) is 3.19. The molecule has 0 saturated heterocycles. The molecule has 0 aliphatic carbocycles. The first-order valence-electron chi connectivity index (χ1n) is 8.05. The molecule has 3 heterocycles. The molecule has 27 heavy (non-hydrogen) atoms. The highest BCUT2D eigenvalue weighted by atomic mass is 32.1. The zero-order chi connectivity index (χ0) is 18.6. The molecule has 0 saturated carbocycles. The van der Waals surface area contributed by atoms with E-state index in [-0.39, 0.29) is 5.91 Å². The van der Waals surface area contributed by atoms with Gasteiger partial charge in [0.15, 0.2) is 0 Å². The molecule has 0 fully saturated rings. The van der Waals surface area contributed by atoms with Gasteiger partial charge in [-0.3, -0.25) is 9.78 Å². The molecule has 0 atom stereocenters. The fourth-order valence-corrected chi connectivity index (χ4v) is 3.33. The van der Waals surface area contributed by atoms with Gasteiger partial charge in [0, 0.05) is 29.0 Å². The van der Waals surface area contributed by atoms with E-state index in [1.807, 2.05) is 29.6 Å². The highest BCUT2D eigenvalue weighted by Gasteiger charge is 2.12. The number of thiazole rings is 1. The molecule has 1 amide bonds. The molecule has 0 radical (unpaired) electrons. The van der Waals surface area contributed by atoms with Crippen LogP contribution < -0.4 is 11.1 Å². The first-order valence-corrected chi connectivity index (χ1v) is 8.93. The van der Waals surface area contributed by atoms with Crippen molar-refractivity contribution < 1.29 is 4.79 Å². The molecule has 0 aliphatic heterocycles. The number of nitrogens with two attached hydrogens (primary N) is 1. The largest absolute Gasteiger partial charge is 0.383 e. The number of nitrogens with one attached hydrogen (secondary N) is 1. The van der Waals surface area contributed by atoms with E-state index in [9.17, 15) is 4.79 Å². The minimum absolute atomic E-state index is 0.263. The molecule has 3 N–H and O–H groups in total. The van der Waals surface area contributed by atoms with Gasteiger partial charge >= 0.3 is 0 Å². The van der Waals surface area contributed by atoms with E-state index in [0.717, 1.165) is 16.3 Å². The molecule has 0 bridgehead atoms. The van der Waals surface area contributed by atoms with Gasteiger partial charge in [-0.2, -0.15) is 0 Å². The lowest BCUT2D eigenvalue weighted by Gasteiger charge is -2.06. The van der Waals surface area contributed by atoms with Gasteiger partial charge in [0.2, 0.25) is 0 Å². The van der Waals surface area contributed by atoms with Crippen molar-refractivity contribution in [1.82, 2.24) is 19.9 Å². The number of rotatable bonds is 4. The van der Waals surface area contributed by atoms with Crippen molar-refractivity contribution in [3.63, 3.8) is 0 Å². The monoisotopic (exact) mass is 374 g/mol. The van der Waals surface area contributed by atoms with Crippen molar-refractivity contribution in [2.45, 2.75) is 0 Å². The lowest BCUT2D eigenvalue weighted by atomic mass is 10.1. The number of hydrogen-bond donors (Lipinski definition) is 2. The maximum Gasteiger partial charge on any atom is 0.274 e. The third-order valence-electron chi connectivity index (χ3n) is 3.79. The highest BCUT2D eigenvalue weighted by Crippen LogP contribution is 2.31. The fraction of sp³-hybridized carbons (Fsp3) is 0. The molecule has 1 aromatic carbocycles. The summed E-state index contributed by atoms with van der Waals surface area (Å²) < 4.78 is 0. The van der Waals surface area contributed by atoms with E-state index in [0.29, 0.717) is 22.8 Å². The second-order valence-electron chi connectivity index (χ2n) is 5.61. The standard InChI is InChI=1S/C19H14N6OS/c20-17-14(9-21-11-23-17)19-25-16(10-27-19)12-4-3-5-13(8-12)24-18(26)15-6-1-2-7-22-15/h1-11H,(H,24,26)(H2,20,21,23). The minimum Gasteiger partial charge on any atom is -0.383 e. The second-order valence-corrected chi connectivity index (χ2v) is 6.47. The summed E-state index contributed by atoms with van der Waals surface area (Å²) in [7, 11) is 0. The van der Waals surface area contributed by atoms with Crippen LogP contribution in [0.25, 0.3) is 21.8 Å². The van der Waals surface area contributed by atoms with E-state index in [4.69, 9.17) is 5.73 Å². The van der Waals surface area contributed by atoms with Crippen LogP contribution >= 0.6 is 11.3 Å². The van der Waals surface area contributed by atoms with Crippen molar-refractivity contribution in [3.05, 3.63) is 72.3 Å². The summed E-state index contributed by atoms with van der Waals surface area (Å²) in [6, 6.07) is 12.7. The van der Waals surface area contributed by atoms with Gasteiger partial charge < -0.3 is 11.1 Å². The Bertz CT molecular complexity index is 1100. The van der Waals surface area contributed by atoms with Crippen molar-refractivity contribution in [2.75, 3.05) is 11.1 Å². The molecule has 8 heteroatoms. The van der Waals surface area contributed by atoms with Gasteiger partial charge in [0.1, 0.15) is 22.8 Å². The predicted octanol–water partition coefficient (Wildman–Crippen LogP) is 3.50. The first-order chi connectivity index (χ1) is 13.2. The van der Waals surface area contributed by atoms with Crippen LogP contribution in [0.3, 0.4) is 0 Å². The number of amides is 1. The minimum atomic E-state index is -0.263. The Morgan fingerprint density at radius 1 is 1.11 bits per heavy atom. The number of carbonyl (C=O) groups excluding carboxylic acids is 1. The van der Waals surface area contributed by atoms with Gasteiger partial charge in [-0.05, 0) is 24.3 Å². The van der Waals surface area contributed by atoms with Crippen LogP contribution in [0.4, 0.5) is 11.5 Å². The highest BCUT2D eigenvalue weighted by molar-refractivity contribution is 7.13. The summed E-state index contributed by atoms with van der Waals surface area (Å²) in [6.45, 7) is 0. The predicted molar refractivity (Wildman–Crippen MR) is 105 cm³/mol. The van der Waals surface area contributed by atoms with E-state index in [1.165, 1.54) is 17.7 Å². The van der Waals surface area contributed by atoms with Gasteiger partial charge in [0.05, 0.1) is 11.3 Å². The number of pyridine rings is 1. The summed E-state index contributed by atoms with van der Waals surface area (Å²) in [5.41, 5.74) is 9.29. The Kier molecular flexibility index (Phi) is 4.54. The lowest BCUT2D eigenvalue weighted by Crippen LogP contribution is -2.13. The Balaban J connectivity index is 1.58. The third kappa shape index (κ3) is 3.65.